The number of rotatable bonds is 4. The third kappa shape index (κ3) is 3.71. The fourth-order valence-corrected chi connectivity index (χ4v) is 2.21. The predicted octanol–water partition coefficient (Wildman–Crippen LogP) is 4.78. The van der Waals surface area contributed by atoms with E-state index in [4.69, 9.17) is 27.9 Å². The third-order valence-corrected chi connectivity index (χ3v) is 3.08. The second kappa shape index (κ2) is 6.25. The molecule has 1 unspecified atom stereocenters. The Morgan fingerprint density at radius 3 is 2.20 bits per heavy atom. The molecule has 2 rings (SSSR count). The Kier molecular flexibility index (Phi) is 4.63. The smallest absolute Gasteiger partial charge is 0.202 e. The molecule has 0 N–H and O–H groups in total. The van der Waals surface area contributed by atoms with Crippen LogP contribution in [0, 0.1) is 5.82 Å². The number of hydrogen-bond acceptors (Lipinski definition) is 2. The highest BCUT2D eigenvalue weighted by atomic mass is 35.5. The Labute approximate surface area is 126 Å². The van der Waals surface area contributed by atoms with Gasteiger partial charge in [-0.15, -0.1) is 0 Å². The maximum Gasteiger partial charge on any atom is 0.202 e. The Morgan fingerprint density at radius 1 is 1.10 bits per heavy atom. The number of carbonyl (C=O) groups is 1. The first-order valence-electron chi connectivity index (χ1n) is 5.88. The molecule has 104 valence electrons. The minimum Gasteiger partial charge on any atom is -0.482 e. The average molecular weight is 313 g/mol. The van der Waals surface area contributed by atoms with Crippen molar-refractivity contribution in [2.45, 2.75) is 13.0 Å². The molecular formula is C15H11Cl2FO2. The van der Waals surface area contributed by atoms with E-state index in [1.165, 1.54) is 24.3 Å². The molecule has 0 fully saturated rings. The lowest BCUT2D eigenvalue weighted by Gasteiger charge is -2.14. The fourth-order valence-electron chi connectivity index (χ4n) is 1.70. The minimum atomic E-state index is -0.727. The molecular weight excluding hydrogens is 302 g/mol. The molecule has 2 aromatic carbocycles. The number of ketones is 1. The van der Waals surface area contributed by atoms with Crippen LogP contribution in [-0.4, -0.2) is 11.9 Å². The van der Waals surface area contributed by atoms with Crippen LogP contribution in [0.2, 0.25) is 10.0 Å². The molecule has 0 heterocycles. The number of Topliss-reactive ketones (excluding diaryl/α,β-unsaturated/α-hetero) is 1. The van der Waals surface area contributed by atoms with E-state index in [-0.39, 0.29) is 5.78 Å². The maximum absolute atomic E-state index is 12.8. The summed E-state index contributed by atoms with van der Waals surface area (Å²) in [5.74, 6) is -0.233. The summed E-state index contributed by atoms with van der Waals surface area (Å²) in [7, 11) is 0. The molecule has 0 saturated carbocycles. The van der Waals surface area contributed by atoms with Crippen LogP contribution in [0.15, 0.2) is 42.5 Å². The molecule has 0 aromatic heterocycles. The van der Waals surface area contributed by atoms with E-state index >= 15 is 0 Å². The second-order valence-electron chi connectivity index (χ2n) is 4.24. The zero-order valence-electron chi connectivity index (χ0n) is 10.6. The lowest BCUT2D eigenvalue weighted by molar-refractivity contribution is 0.0818. The summed E-state index contributed by atoms with van der Waals surface area (Å²) in [4.78, 5) is 12.1. The first kappa shape index (κ1) is 14.8. The van der Waals surface area contributed by atoms with E-state index < -0.39 is 11.9 Å². The van der Waals surface area contributed by atoms with Gasteiger partial charge < -0.3 is 4.74 Å². The molecule has 2 nitrogen and oxygen atoms in total. The minimum absolute atomic E-state index is 0.249. The monoisotopic (exact) mass is 312 g/mol. The Morgan fingerprint density at radius 2 is 1.65 bits per heavy atom. The quantitative estimate of drug-likeness (QED) is 0.759. The van der Waals surface area contributed by atoms with Gasteiger partial charge in [-0.25, -0.2) is 4.39 Å². The van der Waals surface area contributed by atoms with Crippen LogP contribution in [0.4, 0.5) is 4.39 Å². The number of ether oxygens (including phenoxy) is 1. The van der Waals surface area contributed by atoms with Crippen molar-refractivity contribution in [1.29, 1.82) is 0 Å². The number of carbonyl (C=O) groups excluding carboxylic acids is 1. The zero-order valence-corrected chi connectivity index (χ0v) is 12.1. The van der Waals surface area contributed by atoms with Gasteiger partial charge in [-0.05, 0) is 49.4 Å². The van der Waals surface area contributed by atoms with Crippen molar-refractivity contribution in [2.75, 3.05) is 0 Å². The molecule has 0 aliphatic rings. The molecule has 0 aliphatic heterocycles. The van der Waals surface area contributed by atoms with Crippen LogP contribution in [0.5, 0.6) is 5.75 Å². The Bertz CT molecular complexity index is 606. The standard InChI is InChI=1S/C15H11Cl2FO2/c1-9(15(19)10-2-4-13(18)5-3-10)20-14-7-11(16)6-12(17)8-14/h2-9H,1H3. The molecule has 20 heavy (non-hydrogen) atoms. The first-order chi connectivity index (χ1) is 9.45. The van der Waals surface area contributed by atoms with E-state index in [1.54, 1.807) is 25.1 Å². The van der Waals surface area contributed by atoms with Crippen molar-refractivity contribution in [2.24, 2.45) is 0 Å². The Hall–Kier alpha value is -1.58. The summed E-state index contributed by atoms with van der Waals surface area (Å²) in [6.07, 6.45) is -0.727. The number of halogens is 3. The zero-order chi connectivity index (χ0) is 14.7. The van der Waals surface area contributed by atoms with Crippen LogP contribution in [0.1, 0.15) is 17.3 Å². The summed E-state index contributed by atoms with van der Waals surface area (Å²) >= 11 is 11.7. The molecule has 0 radical (unpaired) electrons. The molecule has 0 saturated heterocycles. The van der Waals surface area contributed by atoms with Gasteiger partial charge in [0.1, 0.15) is 11.6 Å². The highest BCUT2D eigenvalue weighted by Crippen LogP contribution is 2.25. The topological polar surface area (TPSA) is 26.3 Å². The summed E-state index contributed by atoms with van der Waals surface area (Å²) in [6, 6.07) is 10.0. The van der Waals surface area contributed by atoms with Crippen molar-refractivity contribution >= 4 is 29.0 Å². The van der Waals surface area contributed by atoms with Crippen LogP contribution < -0.4 is 4.74 Å². The van der Waals surface area contributed by atoms with Gasteiger partial charge in [-0.1, -0.05) is 23.2 Å². The Balaban J connectivity index is 2.13. The second-order valence-corrected chi connectivity index (χ2v) is 5.11. The number of hydrogen-bond donors (Lipinski definition) is 0. The van der Waals surface area contributed by atoms with Gasteiger partial charge in [0.25, 0.3) is 0 Å². The lowest BCUT2D eigenvalue weighted by atomic mass is 10.1. The normalized spacial score (nSPS) is 12.0. The summed E-state index contributed by atoms with van der Waals surface area (Å²) < 4.78 is 18.3. The van der Waals surface area contributed by atoms with Gasteiger partial charge in [-0.3, -0.25) is 4.79 Å². The highest BCUT2D eigenvalue weighted by Gasteiger charge is 2.17. The predicted molar refractivity (Wildman–Crippen MR) is 77.3 cm³/mol. The molecule has 1 atom stereocenters. The van der Waals surface area contributed by atoms with Crippen LogP contribution in [0.25, 0.3) is 0 Å². The lowest BCUT2D eigenvalue weighted by Crippen LogP contribution is -2.23. The summed E-state index contributed by atoms with van der Waals surface area (Å²) in [5, 5.41) is 0.850. The van der Waals surface area contributed by atoms with Crippen molar-refractivity contribution in [1.82, 2.24) is 0 Å². The molecule has 0 bridgehead atoms. The van der Waals surface area contributed by atoms with Crippen molar-refractivity contribution in [3.8, 4) is 5.75 Å². The van der Waals surface area contributed by atoms with Gasteiger partial charge >= 0.3 is 0 Å². The summed E-state index contributed by atoms with van der Waals surface area (Å²) in [6.45, 7) is 1.61. The third-order valence-electron chi connectivity index (χ3n) is 2.65. The van der Waals surface area contributed by atoms with Gasteiger partial charge in [0.05, 0.1) is 0 Å². The van der Waals surface area contributed by atoms with Gasteiger partial charge in [0, 0.05) is 15.6 Å². The summed E-state index contributed by atoms with van der Waals surface area (Å²) in [5.41, 5.74) is 0.382. The average Bonchev–Trinajstić information content (AvgIpc) is 2.37. The van der Waals surface area contributed by atoms with Crippen LogP contribution in [0.3, 0.4) is 0 Å². The van der Waals surface area contributed by atoms with Crippen LogP contribution in [-0.2, 0) is 0 Å². The SMILES string of the molecule is CC(Oc1cc(Cl)cc(Cl)c1)C(=O)c1ccc(F)cc1. The fraction of sp³-hybridized carbons (Fsp3) is 0.133. The van der Waals surface area contributed by atoms with Crippen LogP contribution >= 0.6 is 23.2 Å². The van der Waals surface area contributed by atoms with Gasteiger partial charge in [-0.2, -0.15) is 0 Å². The van der Waals surface area contributed by atoms with E-state index in [1.807, 2.05) is 0 Å². The largest absolute Gasteiger partial charge is 0.482 e. The van der Waals surface area contributed by atoms with Gasteiger partial charge in [0.15, 0.2) is 6.10 Å². The highest BCUT2D eigenvalue weighted by molar-refractivity contribution is 6.34. The van der Waals surface area contributed by atoms with E-state index in [0.29, 0.717) is 21.4 Å². The van der Waals surface area contributed by atoms with Crippen molar-refractivity contribution in [3.05, 3.63) is 63.9 Å². The first-order valence-corrected chi connectivity index (χ1v) is 6.64. The molecule has 0 spiro atoms. The van der Waals surface area contributed by atoms with Crippen molar-refractivity contribution < 1.29 is 13.9 Å². The molecule has 5 heteroatoms. The molecule has 2 aromatic rings. The van der Waals surface area contributed by atoms with E-state index in [0.717, 1.165) is 0 Å². The van der Waals surface area contributed by atoms with Gasteiger partial charge in [0.2, 0.25) is 5.78 Å². The van der Waals surface area contributed by atoms with Crippen molar-refractivity contribution in [3.63, 3.8) is 0 Å². The molecule has 0 amide bonds. The number of benzene rings is 2. The molecule has 0 aliphatic carbocycles. The maximum atomic E-state index is 12.8. The van der Waals surface area contributed by atoms with E-state index in [2.05, 4.69) is 0 Å². The van der Waals surface area contributed by atoms with E-state index in [9.17, 15) is 9.18 Å².